The molecule has 1 rings (SSSR count). The van der Waals surface area contributed by atoms with Crippen LogP contribution in [-0.4, -0.2) is 82.4 Å². The van der Waals surface area contributed by atoms with Gasteiger partial charge in [-0.3, -0.25) is 33.7 Å². The van der Waals surface area contributed by atoms with E-state index in [2.05, 4.69) is 10.6 Å². The lowest BCUT2D eigenvalue weighted by atomic mass is 9.92. The number of esters is 2. The Morgan fingerprint density at radius 3 is 1.81 bits per heavy atom. The van der Waals surface area contributed by atoms with Gasteiger partial charge in [-0.05, 0) is 75.2 Å². The number of imide groups is 1. The Hall–Kier alpha value is -3.77. The Morgan fingerprint density at radius 2 is 1.30 bits per heavy atom. The molecular formula is C30H47N3O10. The zero-order chi connectivity index (χ0) is 33.2. The van der Waals surface area contributed by atoms with E-state index in [4.69, 9.17) is 14.2 Å². The van der Waals surface area contributed by atoms with Crippen LogP contribution in [0.1, 0.15) is 94.4 Å². The zero-order valence-electron chi connectivity index (χ0n) is 26.8. The number of hydrogen-bond acceptors (Lipinski definition) is 10. The molecule has 242 valence electrons. The van der Waals surface area contributed by atoms with Gasteiger partial charge in [0.1, 0.15) is 16.8 Å². The fourth-order valence-corrected chi connectivity index (χ4v) is 3.84. The number of nitrogens with zero attached hydrogens (tertiary/aromatic N) is 1. The SMILES string of the molecule is CC(C)(C)OC(=O)CC[C@@H](CC(=O)[C@@H](CCC(=O)NCCN1C(=O)C=CC1=O)NC(=O)OC(C)(C)C)C(=O)OC(C)(C)C. The first kappa shape index (κ1) is 37.3. The molecule has 0 radical (unpaired) electrons. The van der Waals surface area contributed by atoms with Crippen LogP contribution in [0.15, 0.2) is 12.2 Å². The number of rotatable bonds is 14. The van der Waals surface area contributed by atoms with Crippen LogP contribution < -0.4 is 10.6 Å². The van der Waals surface area contributed by atoms with Gasteiger partial charge < -0.3 is 24.8 Å². The summed E-state index contributed by atoms with van der Waals surface area (Å²) < 4.78 is 16.1. The largest absolute Gasteiger partial charge is 0.460 e. The molecule has 2 atom stereocenters. The van der Waals surface area contributed by atoms with E-state index in [0.717, 1.165) is 17.1 Å². The van der Waals surface area contributed by atoms with Gasteiger partial charge in [0.05, 0.1) is 12.0 Å². The lowest BCUT2D eigenvalue weighted by molar-refractivity contribution is -0.162. The van der Waals surface area contributed by atoms with Crippen molar-refractivity contribution in [2.75, 3.05) is 13.1 Å². The van der Waals surface area contributed by atoms with Crippen LogP contribution in [0, 0.1) is 5.92 Å². The minimum Gasteiger partial charge on any atom is -0.460 e. The Balaban J connectivity index is 2.97. The first-order chi connectivity index (χ1) is 19.6. The van der Waals surface area contributed by atoms with Gasteiger partial charge in [0.15, 0.2) is 5.78 Å². The van der Waals surface area contributed by atoms with Crippen LogP contribution in [0.25, 0.3) is 0 Å². The quantitative estimate of drug-likeness (QED) is 0.169. The molecule has 0 unspecified atom stereocenters. The highest BCUT2D eigenvalue weighted by Crippen LogP contribution is 2.22. The summed E-state index contributed by atoms with van der Waals surface area (Å²) in [5.74, 6) is -4.22. The van der Waals surface area contributed by atoms with Crippen LogP contribution >= 0.6 is 0 Å². The van der Waals surface area contributed by atoms with Gasteiger partial charge >= 0.3 is 18.0 Å². The molecule has 4 amide bonds. The van der Waals surface area contributed by atoms with Crippen molar-refractivity contribution in [1.29, 1.82) is 0 Å². The lowest BCUT2D eigenvalue weighted by Crippen LogP contribution is -2.45. The number of hydrogen-bond donors (Lipinski definition) is 2. The van der Waals surface area contributed by atoms with Crippen molar-refractivity contribution in [2.45, 2.75) is 117 Å². The lowest BCUT2D eigenvalue weighted by Gasteiger charge is -2.26. The van der Waals surface area contributed by atoms with E-state index in [1.54, 1.807) is 62.3 Å². The smallest absolute Gasteiger partial charge is 0.408 e. The summed E-state index contributed by atoms with van der Waals surface area (Å²) in [4.78, 5) is 88.1. The van der Waals surface area contributed by atoms with Crippen molar-refractivity contribution >= 4 is 41.5 Å². The average Bonchev–Trinajstić information content (AvgIpc) is 3.12. The number of Topliss-reactive ketones (excluding diaryl/α,β-unsaturated/α-hetero) is 1. The Bertz CT molecular complexity index is 1070. The second-order valence-electron chi connectivity index (χ2n) is 13.3. The van der Waals surface area contributed by atoms with Crippen molar-refractivity contribution in [2.24, 2.45) is 5.92 Å². The fraction of sp³-hybridized carbons (Fsp3) is 0.700. The molecule has 0 aromatic heterocycles. The summed E-state index contributed by atoms with van der Waals surface area (Å²) in [5.41, 5.74) is -2.44. The Labute approximate surface area is 253 Å². The number of carbonyl (C=O) groups excluding carboxylic acids is 7. The highest BCUT2D eigenvalue weighted by molar-refractivity contribution is 6.12. The van der Waals surface area contributed by atoms with Gasteiger partial charge in [-0.25, -0.2) is 4.79 Å². The van der Waals surface area contributed by atoms with Crippen LogP contribution in [-0.2, 0) is 43.0 Å². The topological polar surface area (TPSA) is 174 Å². The number of amides is 4. The minimum atomic E-state index is -1.20. The maximum Gasteiger partial charge on any atom is 0.408 e. The molecule has 13 heteroatoms. The number of carbonyl (C=O) groups is 7. The summed E-state index contributed by atoms with van der Waals surface area (Å²) in [6, 6.07) is -1.20. The first-order valence-corrected chi connectivity index (χ1v) is 14.3. The third-order valence-electron chi connectivity index (χ3n) is 5.60. The zero-order valence-corrected chi connectivity index (χ0v) is 26.8. The van der Waals surface area contributed by atoms with Gasteiger partial charge in [0.2, 0.25) is 5.91 Å². The second kappa shape index (κ2) is 15.6. The summed E-state index contributed by atoms with van der Waals surface area (Å²) >= 11 is 0. The molecule has 0 saturated heterocycles. The summed E-state index contributed by atoms with van der Waals surface area (Å²) in [6.45, 7) is 15.1. The molecule has 0 saturated carbocycles. The Morgan fingerprint density at radius 1 is 0.767 bits per heavy atom. The Kier molecular flexibility index (Phi) is 13.5. The molecule has 1 aliphatic rings. The summed E-state index contributed by atoms with van der Waals surface area (Å²) in [7, 11) is 0. The molecule has 0 fully saturated rings. The van der Waals surface area contributed by atoms with Crippen molar-refractivity contribution in [1.82, 2.24) is 15.5 Å². The third kappa shape index (κ3) is 15.9. The number of ether oxygens (including phenoxy) is 3. The van der Waals surface area contributed by atoms with E-state index in [1.807, 2.05) is 0 Å². The van der Waals surface area contributed by atoms with Gasteiger partial charge in [-0.15, -0.1) is 0 Å². The predicted molar refractivity (Wildman–Crippen MR) is 155 cm³/mol. The standard InChI is InChI=1S/C30H47N3O10/c1-28(2,3)41-25(38)15-10-19(26(39)42-29(4,5)6)18-21(34)20(32-27(40)43-30(7,8)9)11-12-22(35)31-16-17-33-23(36)13-14-24(33)37/h13-14,19-20H,10-12,15-18H2,1-9H3,(H,31,35)(H,32,40)/t19-,20+/m0/s1. The highest BCUT2D eigenvalue weighted by Gasteiger charge is 2.33. The molecule has 0 aliphatic carbocycles. The van der Waals surface area contributed by atoms with Crippen molar-refractivity contribution in [3.63, 3.8) is 0 Å². The third-order valence-corrected chi connectivity index (χ3v) is 5.60. The van der Waals surface area contributed by atoms with E-state index >= 15 is 0 Å². The van der Waals surface area contributed by atoms with Crippen molar-refractivity contribution < 1.29 is 47.8 Å². The molecule has 1 aliphatic heterocycles. The molecule has 0 aromatic carbocycles. The molecular weight excluding hydrogens is 562 g/mol. The second-order valence-corrected chi connectivity index (χ2v) is 13.3. The maximum absolute atomic E-state index is 13.5. The van der Waals surface area contributed by atoms with Crippen LogP contribution in [0.5, 0.6) is 0 Å². The number of alkyl carbamates (subject to hydrolysis) is 1. The molecule has 0 spiro atoms. The number of ketones is 1. The molecule has 1 heterocycles. The van der Waals surface area contributed by atoms with E-state index in [0.29, 0.717) is 0 Å². The number of nitrogens with one attached hydrogen (secondary N) is 2. The molecule has 0 bridgehead atoms. The maximum atomic E-state index is 13.5. The minimum absolute atomic E-state index is 0.00147. The molecule has 13 nitrogen and oxygen atoms in total. The van der Waals surface area contributed by atoms with Gasteiger partial charge in [0, 0.05) is 44.5 Å². The van der Waals surface area contributed by atoms with E-state index in [1.165, 1.54) is 0 Å². The molecule has 0 aromatic rings. The fourth-order valence-electron chi connectivity index (χ4n) is 3.84. The summed E-state index contributed by atoms with van der Waals surface area (Å²) in [6.07, 6.45) is 0.540. The molecule has 2 N–H and O–H groups in total. The first-order valence-electron chi connectivity index (χ1n) is 14.3. The van der Waals surface area contributed by atoms with Crippen LogP contribution in [0.2, 0.25) is 0 Å². The highest BCUT2D eigenvalue weighted by atomic mass is 16.6. The average molecular weight is 610 g/mol. The van der Waals surface area contributed by atoms with Gasteiger partial charge in [-0.1, -0.05) is 0 Å². The van der Waals surface area contributed by atoms with Crippen molar-refractivity contribution in [3.8, 4) is 0 Å². The predicted octanol–water partition coefficient (Wildman–Crippen LogP) is 2.74. The van der Waals surface area contributed by atoms with Gasteiger partial charge in [-0.2, -0.15) is 0 Å². The van der Waals surface area contributed by atoms with E-state index in [-0.39, 0.29) is 45.2 Å². The van der Waals surface area contributed by atoms with Gasteiger partial charge in [0.25, 0.3) is 11.8 Å². The van der Waals surface area contributed by atoms with E-state index in [9.17, 15) is 33.6 Å². The summed E-state index contributed by atoms with van der Waals surface area (Å²) in [5, 5.41) is 5.07. The van der Waals surface area contributed by atoms with Crippen molar-refractivity contribution in [3.05, 3.63) is 12.2 Å². The van der Waals surface area contributed by atoms with Crippen LogP contribution in [0.4, 0.5) is 4.79 Å². The monoisotopic (exact) mass is 609 g/mol. The van der Waals surface area contributed by atoms with Crippen LogP contribution in [0.3, 0.4) is 0 Å². The van der Waals surface area contributed by atoms with E-state index < -0.39 is 70.3 Å². The molecule has 43 heavy (non-hydrogen) atoms. The normalized spacial score (nSPS) is 15.0.